The van der Waals surface area contributed by atoms with E-state index in [2.05, 4.69) is 20.8 Å². The van der Waals surface area contributed by atoms with E-state index in [9.17, 15) is 4.79 Å². The third kappa shape index (κ3) is 5.78. The molecule has 0 aromatic heterocycles. The van der Waals surface area contributed by atoms with E-state index < -0.39 is 11.4 Å². The highest BCUT2D eigenvalue weighted by Crippen LogP contribution is 2.23. The summed E-state index contributed by atoms with van der Waals surface area (Å²) in [4.78, 5) is 10.8. The fraction of sp³-hybridized carbons (Fsp3) is 0.917. The quantitative estimate of drug-likeness (QED) is 0.665. The van der Waals surface area contributed by atoms with E-state index in [4.69, 9.17) is 9.84 Å². The topological polar surface area (TPSA) is 46.5 Å². The summed E-state index contributed by atoms with van der Waals surface area (Å²) in [6.45, 7) is 10.3. The third-order valence-corrected chi connectivity index (χ3v) is 2.87. The maximum Gasteiger partial charge on any atom is 0.309 e. The molecule has 15 heavy (non-hydrogen) atoms. The van der Waals surface area contributed by atoms with Crippen LogP contribution in [0.25, 0.3) is 0 Å². The van der Waals surface area contributed by atoms with Gasteiger partial charge >= 0.3 is 5.97 Å². The van der Waals surface area contributed by atoms with Crippen LogP contribution in [0.1, 0.15) is 53.9 Å². The van der Waals surface area contributed by atoms with Crippen LogP contribution in [0.5, 0.6) is 0 Å². The Bertz CT molecular complexity index is 207. The van der Waals surface area contributed by atoms with Gasteiger partial charge in [-0.05, 0) is 47.0 Å². The summed E-state index contributed by atoms with van der Waals surface area (Å²) in [5.74, 6) is -0.739. The maximum absolute atomic E-state index is 10.8. The Hall–Kier alpha value is -0.570. The summed E-state index contributed by atoms with van der Waals surface area (Å²) in [6, 6.07) is 0. The first-order valence-electron chi connectivity index (χ1n) is 5.58. The molecule has 0 saturated heterocycles. The molecule has 3 nitrogen and oxygen atoms in total. The number of hydrogen-bond acceptors (Lipinski definition) is 2. The molecule has 0 atom stereocenters. The van der Waals surface area contributed by atoms with Gasteiger partial charge in [0.15, 0.2) is 0 Å². The van der Waals surface area contributed by atoms with Crippen LogP contribution in [-0.4, -0.2) is 23.3 Å². The lowest BCUT2D eigenvalue weighted by Crippen LogP contribution is -2.26. The fourth-order valence-corrected chi connectivity index (χ4v) is 1.07. The van der Waals surface area contributed by atoms with Gasteiger partial charge in [0, 0.05) is 6.61 Å². The maximum atomic E-state index is 10.8. The van der Waals surface area contributed by atoms with Crippen LogP contribution in [0, 0.1) is 5.41 Å². The number of aliphatic carboxylic acids is 1. The van der Waals surface area contributed by atoms with Crippen LogP contribution < -0.4 is 0 Å². The highest BCUT2D eigenvalue weighted by atomic mass is 16.5. The molecule has 0 aliphatic carbocycles. The van der Waals surface area contributed by atoms with Crippen molar-refractivity contribution in [2.75, 3.05) is 6.61 Å². The van der Waals surface area contributed by atoms with Gasteiger partial charge in [-0.1, -0.05) is 6.92 Å². The van der Waals surface area contributed by atoms with E-state index in [0.29, 0.717) is 13.0 Å². The molecule has 0 spiro atoms. The molecule has 90 valence electrons. The van der Waals surface area contributed by atoms with E-state index in [0.717, 1.165) is 12.8 Å². The van der Waals surface area contributed by atoms with Gasteiger partial charge in [0.05, 0.1) is 11.0 Å². The first kappa shape index (κ1) is 14.4. The lowest BCUT2D eigenvalue weighted by atomic mass is 9.88. The molecule has 1 N–H and O–H groups in total. The lowest BCUT2D eigenvalue weighted by molar-refractivity contribution is -0.147. The van der Waals surface area contributed by atoms with Crippen molar-refractivity contribution in [2.45, 2.75) is 59.5 Å². The molecule has 3 heteroatoms. The Morgan fingerprint density at radius 3 is 2.20 bits per heavy atom. The molecule has 0 bridgehead atoms. The molecular weight excluding hydrogens is 192 g/mol. The molecule has 0 unspecified atom stereocenters. The van der Waals surface area contributed by atoms with Crippen LogP contribution in [0.15, 0.2) is 0 Å². The van der Waals surface area contributed by atoms with Crippen LogP contribution in [0.4, 0.5) is 0 Å². The van der Waals surface area contributed by atoms with Crippen molar-refractivity contribution in [3.8, 4) is 0 Å². The van der Waals surface area contributed by atoms with E-state index in [1.54, 1.807) is 13.8 Å². The van der Waals surface area contributed by atoms with Crippen molar-refractivity contribution in [1.82, 2.24) is 0 Å². The van der Waals surface area contributed by atoms with Crippen molar-refractivity contribution >= 4 is 5.97 Å². The first-order valence-corrected chi connectivity index (χ1v) is 5.58. The van der Waals surface area contributed by atoms with Gasteiger partial charge in [0.25, 0.3) is 0 Å². The highest BCUT2D eigenvalue weighted by molar-refractivity contribution is 5.73. The minimum Gasteiger partial charge on any atom is -0.481 e. The number of rotatable bonds is 7. The van der Waals surface area contributed by atoms with Gasteiger partial charge in [-0.25, -0.2) is 0 Å². The Morgan fingerprint density at radius 2 is 1.80 bits per heavy atom. The van der Waals surface area contributed by atoms with Gasteiger partial charge in [0.2, 0.25) is 0 Å². The number of carboxylic acid groups (broad SMARTS) is 1. The van der Waals surface area contributed by atoms with Crippen LogP contribution in [-0.2, 0) is 9.53 Å². The van der Waals surface area contributed by atoms with E-state index in [-0.39, 0.29) is 5.60 Å². The van der Waals surface area contributed by atoms with E-state index >= 15 is 0 Å². The van der Waals surface area contributed by atoms with Crippen molar-refractivity contribution in [2.24, 2.45) is 5.41 Å². The predicted molar refractivity (Wildman–Crippen MR) is 61.0 cm³/mol. The summed E-state index contributed by atoms with van der Waals surface area (Å²) in [5, 5.41) is 8.91. The largest absolute Gasteiger partial charge is 0.481 e. The third-order valence-electron chi connectivity index (χ3n) is 2.87. The van der Waals surface area contributed by atoms with Gasteiger partial charge in [-0.2, -0.15) is 0 Å². The van der Waals surface area contributed by atoms with Gasteiger partial charge < -0.3 is 9.84 Å². The molecule has 0 aliphatic rings. The Labute approximate surface area is 92.8 Å². The molecular formula is C12H24O3. The lowest BCUT2D eigenvalue weighted by Gasteiger charge is -2.25. The smallest absolute Gasteiger partial charge is 0.309 e. The second-order valence-corrected chi connectivity index (χ2v) is 5.25. The van der Waals surface area contributed by atoms with Crippen molar-refractivity contribution in [1.29, 1.82) is 0 Å². The molecule has 0 amide bonds. The molecule has 0 aliphatic heterocycles. The van der Waals surface area contributed by atoms with E-state index in [1.807, 2.05) is 0 Å². The zero-order valence-electron chi connectivity index (χ0n) is 10.6. The molecule has 0 aromatic rings. The highest BCUT2D eigenvalue weighted by Gasteiger charge is 2.26. The van der Waals surface area contributed by atoms with Crippen molar-refractivity contribution < 1.29 is 14.6 Å². The minimum absolute atomic E-state index is 0.0899. The summed E-state index contributed by atoms with van der Waals surface area (Å²) in [6.07, 6.45) is 2.42. The normalized spacial score (nSPS) is 12.9. The van der Waals surface area contributed by atoms with Crippen molar-refractivity contribution in [3.05, 3.63) is 0 Å². The average Bonchev–Trinajstić information content (AvgIpc) is 2.12. The second kappa shape index (κ2) is 5.50. The zero-order valence-corrected chi connectivity index (χ0v) is 10.6. The molecule has 0 fully saturated rings. The first-order chi connectivity index (χ1) is 6.71. The monoisotopic (exact) mass is 216 g/mol. The predicted octanol–water partition coefficient (Wildman–Crippen LogP) is 3.08. The minimum atomic E-state index is -0.739. The van der Waals surface area contributed by atoms with Crippen molar-refractivity contribution in [3.63, 3.8) is 0 Å². The molecule has 0 heterocycles. The van der Waals surface area contributed by atoms with E-state index in [1.165, 1.54) is 0 Å². The number of carboxylic acids is 1. The summed E-state index contributed by atoms with van der Waals surface area (Å²) < 4.78 is 5.66. The Balaban J connectivity index is 3.77. The number of hydrogen-bond donors (Lipinski definition) is 1. The molecule has 0 aromatic carbocycles. The van der Waals surface area contributed by atoms with Gasteiger partial charge in [0.1, 0.15) is 0 Å². The number of ether oxygens (including phenoxy) is 1. The average molecular weight is 216 g/mol. The Morgan fingerprint density at radius 1 is 1.27 bits per heavy atom. The van der Waals surface area contributed by atoms with Gasteiger partial charge in [-0.3, -0.25) is 4.79 Å². The zero-order chi connectivity index (χ0) is 12.1. The summed E-state index contributed by atoms with van der Waals surface area (Å²) >= 11 is 0. The Kier molecular flexibility index (Phi) is 5.29. The second-order valence-electron chi connectivity index (χ2n) is 5.25. The van der Waals surface area contributed by atoms with Crippen LogP contribution in [0.3, 0.4) is 0 Å². The van der Waals surface area contributed by atoms with Crippen LogP contribution in [0.2, 0.25) is 0 Å². The fourth-order valence-electron chi connectivity index (χ4n) is 1.07. The van der Waals surface area contributed by atoms with Crippen LogP contribution >= 0.6 is 0 Å². The standard InChI is InChI=1S/C12H24O3/c1-6-12(4,5)15-9-7-8-11(2,3)10(13)14/h6-9H2,1-5H3,(H,13,14). The van der Waals surface area contributed by atoms with Gasteiger partial charge in [-0.15, -0.1) is 0 Å². The summed E-state index contributed by atoms with van der Waals surface area (Å²) in [5.41, 5.74) is -0.729. The molecule has 0 saturated carbocycles. The SMILES string of the molecule is CCC(C)(C)OCCCC(C)(C)C(=O)O. The molecule has 0 rings (SSSR count). The molecule has 0 radical (unpaired) electrons. The number of carbonyl (C=O) groups is 1. The summed E-state index contributed by atoms with van der Waals surface area (Å²) in [7, 11) is 0.